The van der Waals surface area contributed by atoms with Gasteiger partial charge in [0.15, 0.2) is 0 Å². The lowest BCUT2D eigenvalue weighted by Gasteiger charge is -2.41. The summed E-state index contributed by atoms with van der Waals surface area (Å²) in [5.74, 6) is 0.325. The highest BCUT2D eigenvalue weighted by Crippen LogP contribution is 2.22. The van der Waals surface area contributed by atoms with Gasteiger partial charge in [0.05, 0.1) is 0 Å². The van der Waals surface area contributed by atoms with Crippen LogP contribution in [0, 0.1) is 11.8 Å². The third-order valence-electron chi connectivity index (χ3n) is 4.63. The fourth-order valence-electron chi connectivity index (χ4n) is 3.48. The molecule has 6 heteroatoms. The minimum atomic E-state index is -0.798. The number of piperidine rings is 1. The Hall–Kier alpha value is -1.30. The van der Waals surface area contributed by atoms with Crippen LogP contribution in [0.3, 0.4) is 0 Å². The number of likely N-dealkylation sites (tertiary alicyclic amines) is 1. The molecule has 6 nitrogen and oxygen atoms in total. The van der Waals surface area contributed by atoms with Crippen LogP contribution in [0.1, 0.15) is 27.2 Å². The maximum absolute atomic E-state index is 12.6. The van der Waals surface area contributed by atoms with E-state index in [0.717, 1.165) is 13.1 Å². The molecule has 3 unspecified atom stereocenters. The highest BCUT2D eigenvalue weighted by molar-refractivity contribution is 5.75. The number of carboxylic acids is 1. The van der Waals surface area contributed by atoms with Crippen molar-refractivity contribution in [2.75, 3.05) is 39.3 Å². The highest BCUT2D eigenvalue weighted by atomic mass is 16.4. The molecule has 0 aromatic rings. The molecule has 0 bridgehead atoms. The van der Waals surface area contributed by atoms with Gasteiger partial charge in [-0.2, -0.15) is 0 Å². The Morgan fingerprint density at radius 3 is 2.00 bits per heavy atom. The molecule has 2 amide bonds. The van der Waals surface area contributed by atoms with E-state index in [0.29, 0.717) is 38.0 Å². The molecule has 0 aromatic heterocycles. The lowest BCUT2D eigenvalue weighted by Crippen LogP contribution is -2.57. The number of piperazine rings is 1. The number of carbonyl (C=O) groups is 2. The van der Waals surface area contributed by atoms with Crippen LogP contribution in [0.5, 0.6) is 0 Å². The van der Waals surface area contributed by atoms with Gasteiger partial charge in [0.2, 0.25) is 0 Å². The number of hydrogen-bond acceptors (Lipinski definition) is 3. The average molecular weight is 297 g/mol. The number of amides is 2. The van der Waals surface area contributed by atoms with Crippen molar-refractivity contribution in [1.82, 2.24) is 14.7 Å². The summed E-state index contributed by atoms with van der Waals surface area (Å²) in [5, 5.41) is 9.04. The first-order valence-corrected chi connectivity index (χ1v) is 7.89. The lowest BCUT2D eigenvalue weighted by atomic mass is 9.92. The zero-order valence-electron chi connectivity index (χ0n) is 13.3. The first-order chi connectivity index (χ1) is 9.88. The second-order valence-electron chi connectivity index (χ2n) is 6.67. The van der Waals surface area contributed by atoms with Crippen LogP contribution in [0.2, 0.25) is 0 Å². The maximum atomic E-state index is 12.6. The highest BCUT2D eigenvalue weighted by Gasteiger charge is 2.32. The second kappa shape index (κ2) is 6.64. The van der Waals surface area contributed by atoms with Crippen molar-refractivity contribution in [2.45, 2.75) is 33.2 Å². The molecule has 0 aromatic carbocycles. The Balaban J connectivity index is 1.87. The maximum Gasteiger partial charge on any atom is 0.320 e. The molecule has 0 saturated carbocycles. The number of hydrogen-bond donors (Lipinski definition) is 1. The van der Waals surface area contributed by atoms with E-state index in [1.807, 2.05) is 14.7 Å². The number of urea groups is 1. The van der Waals surface area contributed by atoms with Gasteiger partial charge < -0.3 is 14.9 Å². The van der Waals surface area contributed by atoms with Gasteiger partial charge in [-0.1, -0.05) is 13.8 Å². The Morgan fingerprint density at radius 2 is 1.52 bits per heavy atom. The zero-order valence-corrected chi connectivity index (χ0v) is 13.3. The van der Waals surface area contributed by atoms with E-state index in [1.54, 1.807) is 6.92 Å². The van der Waals surface area contributed by atoms with E-state index in [1.165, 1.54) is 6.42 Å². The number of rotatable bonds is 2. The first-order valence-electron chi connectivity index (χ1n) is 7.89. The molecule has 2 saturated heterocycles. The molecule has 21 heavy (non-hydrogen) atoms. The van der Waals surface area contributed by atoms with Crippen LogP contribution in [0.25, 0.3) is 0 Å². The molecule has 3 atom stereocenters. The zero-order chi connectivity index (χ0) is 15.6. The van der Waals surface area contributed by atoms with Crippen LogP contribution in [0.15, 0.2) is 0 Å². The molecule has 2 rings (SSSR count). The van der Waals surface area contributed by atoms with Gasteiger partial charge in [-0.3, -0.25) is 9.69 Å². The Bertz CT molecular complexity index is 384. The van der Waals surface area contributed by atoms with Gasteiger partial charge in [-0.05, 0) is 25.2 Å². The molecule has 120 valence electrons. The van der Waals surface area contributed by atoms with Crippen LogP contribution in [0.4, 0.5) is 4.79 Å². The van der Waals surface area contributed by atoms with Crippen LogP contribution in [-0.2, 0) is 4.79 Å². The van der Waals surface area contributed by atoms with Crippen molar-refractivity contribution < 1.29 is 14.7 Å². The molecule has 2 aliphatic heterocycles. The number of nitrogens with zero attached hydrogens (tertiary/aromatic N) is 3. The normalized spacial score (nSPS) is 29.3. The number of carbonyl (C=O) groups excluding carboxylic acids is 1. The second-order valence-corrected chi connectivity index (χ2v) is 6.67. The average Bonchev–Trinajstić information content (AvgIpc) is 2.44. The number of carboxylic acid groups (broad SMARTS) is 1. The van der Waals surface area contributed by atoms with Gasteiger partial charge in [-0.25, -0.2) is 4.79 Å². The van der Waals surface area contributed by atoms with E-state index < -0.39 is 12.0 Å². The summed E-state index contributed by atoms with van der Waals surface area (Å²) >= 11 is 0. The summed E-state index contributed by atoms with van der Waals surface area (Å²) in [7, 11) is 0. The van der Waals surface area contributed by atoms with E-state index >= 15 is 0 Å². The van der Waals surface area contributed by atoms with Gasteiger partial charge in [0, 0.05) is 39.3 Å². The van der Waals surface area contributed by atoms with Crippen molar-refractivity contribution in [3.8, 4) is 0 Å². The molecular formula is C15H27N3O3. The lowest BCUT2D eigenvalue weighted by molar-refractivity contribution is -0.143. The van der Waals surface area contributed by atoms with Crippen molar-refractivity contribution in [3.05, 3.63) is 0 Å². The molecule has 2 fully saturated rings. The first kappa shape index (κ1) is 16.1. The smallest absolute Gasteiger partial charge is 0.320 e. The fraction of sp³-hybridized carbons (Fsp3) is 0.867. The van der Waals surface area contributed by atoms with Crippen molar-refractivity contribution in [1.29, 1.82) is 0 Å². The summed E-state index contributed by atoms with van der Waals surface area (Å²) in [6.45, 7) is 10.3. The summed E-state index contributed by atoms with van der Waals surface area (Å²) in [6, 6.07) is -0.353. The summed E-state index contributed by atoms with van der Waals surface area (Å²) < 4.78 is 0. The van der Waals surface area contributed by atoms with Crippen LogP contribution >= 0.6 is 0 Å². The minimum Gasteiger partial charge on any atom is -0.480 e. The van der Waals surface area contributed by atoms with Crippen LogP contribution < -0.4 is 0 Å². The predicted molar refractivity (Wildman–Crippen MR) is 80.2 cm³/mol. The van der Waals surface area contributed by atoms with Gasteiger partial charge in [0.1, 0.15) is 6.04 Å². The van der Waals surface area contributed by atoms with E-state index in [4.69, 9.17) is 5.11 Å². The van der Waals surface area contributed by atoms with Crippen molar-refractivity contribution in [3.63, 3.8) is 0 Å². The standard InChI is InChI=1S/C15H27N3O3/c1-11-8-12(2)10-18(9-11)15(21)17-6-4-16(5-7-17)13(3)14(19)20/h11-13H,4-10H2,1-3H3,(H,19,20). The Labute approximate surface area is 126 Å². The van der Waals surface area contributed by atoms with E-state index in [-0.39, 0.29) is 6.03 Å². The Morgan fingerprint density at radius 1 is 1.00 bits per heavy atom. The molecule has 1 N–H and O–H groups in total. The van der Waals surface area contributed by atoms with Crippen molar-refractivity contribution in [2.24, 2.45) is 11.8 Å². The molecule has 2 heterocycles. The summed E-state index contributed by atoms with van der Waals surface area (Å²) in [6.07, 6.45) is 1.19. The molecule has 0 aliphatic carbocycles. The molecular weight excluding hydrogens is 270 g/mol. The fourth-order valence-corrected chi connectivity index (χ4v) is 3.48. The monoisotopic (exact) mass is 297 g/mol. The van der Waals surface area contributed by atoms with E-state index in [2.05, 4.69) is 13.8 Å². The Kier molecular flexibility index (Phi) is 5.08. The van der Waals surface area contributed by atoms with Crippen molar-refractivity contribution >= 4 is 12.0 Å². The SMILES string of the molecule is CC1CC(C)CN(C(=O)N2CCN(C(C)C(=O)O)CC2)C1. The number of aliphatic carboxylic acids is 1. The molecule has 2 aliphatic rings. The minimum absolute atomic E-state index is 0.121. The molecule has 0 spiro atoms. The topological polar surface area (TPSA) is 64.1 Å². The summed E-state index contributed by atoms with van der Waals surface area (Å²) in [5.41, 5.74) is 0. The third kappa shape index (κ3) is 3.87. The van der Waals surface area contributed by atoms with Gasteiger partial charge in [-0.15, -0.1) is 0 Å². The van der Waals surface area contributed by atoms with E-state index in [9.17, 15) is 9.59 Å². The summed E-state index contributed by atoms with van der Waals surface area (Å²) in [4.78, 5) is 29.3. The quantitative estimate of drug-likeness (QED) is 0.831. The largest absolute Gasteiger partial charge is 0.480 e. The predicted octanol–water partition coefficient (Wildman–Crippen LogP) is 1.18. The molecule has 0 radical (unpaired) electrons. The van der Waals surface area contributed by atoms with Crippen LogP contribution in [-0.4, -0.2) is 77.1 Å². The third-order valence-corrected chi connectivity index (χ3v) is 4.63. The van der Waals surface area contributed by atoms with Gasteiger partial charge >= 0.3 is 12.0 Å². The van der Waals surface area contributed by atoms with Gasteiger partial charge in [0.25, 0.3) is 0 Å².